The first-order valence-electron chi connectivity index (χ1n) is 5.94. The number of aryl methyl sites for hydroxylation is 1. The minimum absolute atomic E-state index is 0.212. The Hall–Kier alpha value is -0.710. The molecule has 18 heavy (non-hydrogen) atoms. The zero-order valence-corrected chi connectivity index (χ0v) is 12.7. The SMILES string of the molecule is Cc1ncc(CC(CO)Cc2cccc(Br)c2)s1. The Morgan fingerprint density at radius 2 is 2.22 bits per heavy atom. The van der Waals surface area contributed by atoms with Crippen LogP contribution >= 0.6 is 27.3 Å². The highest BCUT2D eigenvalue weighted by Gasteiger charge is 2.11. The number of halogens is 1. The topological polar surface area (TPSA) is 33.1 Å². The first kappa shape index (κ1) is 13.7. The van der Waals surface area contributed by atoms with E-state index in [4.69, 9.17) is 0 Å². The lowest BCUT2D eigenvalue weighted by atomic mass is 9.96. The van der Waals surface area contributed by atoms with Crippen molar-refractivity contribution in [2.24, 2.45) is 5.92 Å². The van der Waals surface area contributed by atoms with E-state index in [1.165, 1.54) is 10.4 Å². The largest absolute Gasteiger partial charge is 0.396 e. The summed E-state index contributed by atoms with van der Waals surface area (Å²) in [7, 11) is 0. The van der Waals surface area contributed by atoms with Gasteiger partial charge in [0.15, 0.2) is 0 Å². The van der Waals surface area contributed by atoms with Gasteiger partial charge in [0.25, 0.3) is 0 Å². The summed E-state index contributed by atoms with van der Waals surface area (Å²) in [4.78, 5) is 5.51. The van der Waals surface area contributed by atoms with Gasteiger partial charge in [0.1, 0.15) is 0 Å². The van der Waals surface area contributed by atoms with Crippen LogP contribution in [-0.4, -0.2) is 16.7 Å². The average molecular weight is 326 g/mol. The molecule has 1 unspecified atom stereocenters. The molecule has 2 nitrogen and oxygen atoms in total. The van der Waals surface area contributed by atoms with E-state index in [2.05, 4.69) is 33.0 Å². The molecule has 0 fully saturated rings. The Morgan fingerprint density at radius 3 is 2.83 bits per heavy atom. The van der Waals surface area contributed by atoms with Crippen molar-refractivity contribution >= 4 is 27.3 Å². The summed E-state index contributed by atoms with van der Waals surface area (Å²) < 4.78 is 1.09. The van der Waals surface area contributed by atoms with Crippen molar-refractivity contribution in [2.45, 2.75) is 19.8 Å². The molecule has 2 rings (SSSR count). The number of aromatic nitrogens is 1. The highest BCUT2D eigenvalue weighted by atomic mass is 79.9. The molecule has 96 valence electrons. The van der Waals surface area contributed by atoms with Crippen LogP contribution in [-0.2, 0) is 12.8 Å². The molecule has 4 heteroatoms. The second kappa shape index (κ2) is 6.45. The molecule has 0 bridgehead atoms. The van der Waals surface area contributed by atoms with Crippen molar-refractivity contribution in [3.8, 4) is 0 Å². The molecule has 1 aromatic heterocycles. The molecule has 0 aliphatic carbocycles. The number of nitrogens with zero attached hydrogens (tertiary/aromatic N) is 1. The Kier molecular flexibility index (Phi) is 4.92. The quantitative estimate of drug-likeness (QED) is 0.910. The van der Waals surface area contributed by atoms with Crippen LogP contribution in [0.15, 0.2) is 34.9 Å². The molecule has 0 radical (unpaired) electrons. The Labute approximate surface area is 120 Å². The number of hydrogen-bond donors (Lipinski definition) is 1. The zero-order chi connectivity index (χ0) is 13.0. The second-order valence-corrected chi connectivity index (χ2v) is 6.67. The molecule has 0 aliphatic rings. The lowest BCUT2D eigenvalue weighted by Gasteiger charge is -2.13. The van der Waals surface area contributed by atoms with Crippen molar-refractivity contribution in [3.05, 3.63) is 50.4 Å². The van der Waals surface area contributed by atoms with E-state index in [0.717, 1.165) is 22.3 Å². The van der Waals surface area contributed by atoms with Gasteiger partial charge in [-0.1, -0.05) is 28.1 Å². The maximum atomic E-state index is 9.50. The molecule has 1 aromatic carbocycles. The van der Waals surface area contributed by atoms with Crippen LogP contribution in [0.4, 0.5) is 0 Å². The van der Waals surface area contributed by atoms with Crippen LogP contribution in [0.2, 0.25) is 0 Å². The van der Waals surface area contributed by atoms with Crippen molar-refractivity contribution < 1.29 is 5.11 Å². The molecule has 2 aromatic rings. The maximum absolute atomic E-state index is 9.50. The van der Waals surface area contributed by atoms with Gasteiger partial charge in [-0.15, -0.1) is 11.3 Å². The summed E-state index contributed by atoms with van der Waals surface area (Å²) in [5.41, 5.74) is 1.25. The van der Waals surface area contributed by atoms with Gasteiger partial charge in [-0.2, -0.15) is 0 Å². The van der Waals surface area contributed by atoms with E-state index < -0.39 is 0 Å². The summed E-state index contributed by atoms with van der Waals surface area (Å²) in [6.07, 6.45) is 3.71. The van der Waals surface area contributed by atoms with Gasteiger partial charge in [0.05, 0.1) is 5.01 Å². The van der Waals surface area contributed by atoms with Crippen molar-refractivity contribution in [1.82, 2.24) is 4.98 Å². The van der Waals surface area contributed by atoms with Gasteiger partial charge in [0, 0.05) is 22.2 Å². The van der Waals surface area contributed by atoms with Crippen molar-refractivity contribution in [3.63, 3.8) is 0 Å². The van der Waals surface area contributed by atoms with Gasteiger partial charge in [-0.05, 0) is 43.4 Å². The standard InChI is InChI=1S/C14H16BrNOS/c1-10-16-8-14(18-10)7-12(9-17)5-11-3-2-4-13(15)6-11/h2-4,6,8,12,17H,5,7,9H2,1H3. The van der Waals surface area contributed by atoms with Crippen LogP contribution < -0.4 is 0 Å². The molecule has 0 saturated heterocycles. The summed E-state index contributed by atoms with van der Waals surface area (Å²) >= 11 is 5.19. The summed E-state index contributed by atoms with van der Waals surface area (Å²) in [6.45, 7) is 2.22. The number of benzene rings is 1. The number of rotatable bonds is 5. The van der Waals surface area contributed by atoms with E-state index in [1.54, 1.807) is 11.3 Å². The lowest BCUT2D eigenvalue weighted by molar-refractivity contribution is 0.225. The van der Waals surface area contributed by atoms with Gasteiger partial charge < -0.3 is 5.11 Å². The molecule has 1 atom stereocenters. The van der Waals surface area contributed by atoms with E-state index >= 15 is 0 Å². The number of hydrogen-bond acceptors (Lipinski definition) is 3. The minimum Gasteiger partial charge on any atom is -0.396 e. The molecule has 0 saturated carbocycles. The van der Waals surface area contributed by atoms with Gasteiger partial charge >= 0.3 is 0 Å². The minimum atomic E-state index is 0.212. The van der Waals surface area contributed by atoms with Crippen LogP contribution in [0.25, 0.3) is 0 Å². The third-order valence-corrected chi connectivity index (χ3v) is 4.26. The molecule has 1 heterocycles. The zero-order valence-electron chi connectivity index (χ0n) is 10.3. The van der Waals surface area contributed by atoms with Gasteiger partial charge in [-0.25, -0.2) is 4.98 Å². The fourth-order valence-corrected chi connectivity index (χ4v) is 3.34. The maximum Gasteiger partial charge on any atom is 0.0896 e. The first-order valence-corrected chi connectivity index (χ1v) is 7.55. The summed E-state index contributed by atoms with van der Waals surface area (Å²) in [5.74, 6) is 0.263. The van der Waals surface area contributed by atoms with Crippen molar-refractivity contribution in [1.29, 1.82) is 0 Å². The fraction of sp³-hybridized carbons (Fsp3) is 0.357. The number of aliphatic hydroxyl groups excluding tert-OH is 1. The third-order valence-electron chi connectivity index (χ3n) is 2.83. The molecule has 0 aliphatic heterocycles. The molecular formula is C14H16BrNOS. The Bertz CT molecular complexity index is 512. The van der Waals surface area contributed by atoms with Crippen LogP contribution in [0.3, 0.4) is 0 Å². The van der Waals surface area contributed by atoms with E-state index in [9.17, 15) is 5.11 Å². The molecule has 0 spiro atoms. The van der Waals surface area contributed by atoms with Crippen LogP contribution in [0.5, 0.6) is 0 Å². The Balaban J connectivity index is 2.01. The highest BCUT2D eigenvalue weighted by Crippen LogP contribution is 2.20. The monoisotopic (exact) mass is 325 g/mol. The lowest BCUT2D eigenvalue weighted by Crippen LogP contribution is -2.12. The average Bonchev–Trinajstić information content (AvgIpc) is 2.74. The molecule has 0 amide bonds. The normalized spacial score (nSPS) is 12.6. The van der Waals surface area contributed by atoms with E-state index in [1.807, 2.05) is 25.3 Å². The van der Waals surface area contributed by atoms with Crippen molar-refractivity contribution in [2.75, 3.05) is 6.61 Å². The smallest absolute Gasteiger partial charge is 0.0896 e. The highest BCUT2D eigenvalue weighted by molar-refractivity contribution is 9.10. The van der Waals surface area contributed by atoms with E-state index in [-0.39, 0.29) is 12.5 Å². The predicted molar refractivity (Wildman–Crippen MR) is 79.0 cm³/mol. The van der Waals surface area contributed by atoms with Gasteiger partial charge in [-0.3, -0.25) is 0 Å². The fourth-order valence-electron chi connectivity index (χ4n) is 1.98. The van der Waals surface area contributed by atoms with Crippen LogP contribution in [0, 0.1) is 12.8 Å². The summed E-state index contributed by atoms with van der Waals surface area (Å²) in [6, 6.07) is 8.26. The molecule has 1 N–H and O–H groups in total. The van der Waals surface area contributed by atoms with Crippen LogP contribution in [0.1, 0.15) is 15.4 Å². The van der Waals surface area contributed by atoms with E-state index in [0.29, 0.717) is 0 Å². The molecular weight excluding hydrogens is 310 g/mol. The van der Waals surface area contributed by atoms with Gasteiger partial charge in [0.2, 0.25) is 0 Å². The third kappa shape index (κ3) is 3.90. The number of thiazole rings is 1. The summed E-state index contributed by atoms with van der Waals surface area (Å²) in [5, 5.41) is 10.6. The predicted octanol–water partition coefficient (Wildman–Crippen LogP) is 3.61. The first-order chi connectivity index (χ1) is 8.67. The number of aliphatic hydroxyl groups is 1. The Morgan fingerprint density at radius 1 is 1.39 bits per heavy atom. The second-order valence-electron chi connectivity index (χ2n) is 4.43.